The fourth-order valence-electron chi connectivity index (χ4n) is 3.96. The lowest BCUT2D eigenvalue weighted by atomic mass is 9.94. The molecular weight excluding hydrogens is 292 g/mol. The molecule has 3 rings (SSSR count). The van der Waals surface area contributed by atoms with Gasteiger partial charge in [0.1, 0.15) is 5.69 Å². The fraction of sp³-hybridized carbons (Fsp3) is 0.824. The summed E-state index contributed by atoms with van der Waals surface area (Å²) in [6, 6.07) is 0. The van der Waals surface area contributed by atoms with Crippen LogP contribution in [0.2, 0.25) is 0 Å². The van der Waals surface area contributed by atoms with Crippen LogP contribution in [0.1, 0.15) is 57.1 Å². The predicted molar refractivity (Wildman–Crippen MR) is 86.4 cm³/mol. The molecule has 2 aliphatic rings. The lowest BCUT2D eigenvalue weighted by Gasteiger charge is -2.34. The van der Waals surface area contributed by atoms with Crippen molar-refractivity contribution in [1.29, 1.82) is 0 Å². The van der Waals surface area contributed by atoms with Crippen molar-refractivity contribution < 1.29 is 9.90 Å². The van der Waals surface area contributed by atoms with E-state index in [-0.39, 0.29) is 12.5 Å². The number of hydrogen-bond donors (Lipinski definition) is 1. The summed E-state index contributed by atoms with van der Waals surface area (Å²) in [4.78, 5) is 14.9. The highest BCUT2D eigenvalue weighted by atomic mass is 16.3. The lowest BCUT2D eigenvalue weighted by Crippen LogP contribution is -2.44. The van der Waals surface area contributed by atoms with E-state index in [1.54, 1.807) is 10.9 Å². The molecule has 1 N–H and O–H groups in total. The number of piperidine rings is 1. The molecule has 0 spiro atoms. The van der Waals surface area contributed by atoms with Crippen molar-refractivity contribution in [3.63, 3.8) is 0 Å². The van der Waals surface area contributed by atoms with Crippen molar-refractivity contribution >= 4 is 5.91 Å². The summed E-state index contributed by atoms with van der Waals surface area (Å²) in [5.74, 6) is 1.07. The molecule has 6 nitrogen and oxygen atoms in total. The van der Waals surface area contributed by atoms with E-state index in [9.17, 15) is 4.79 Å². The summed E-state index contributed by atoms with van der Waals surface area (Å²) in [5.41, 5.74) is 0.604. The van der Waals surface area contributed by atoms with Gasteiger partial charge < -0.3 is 10.0 Å². The molecule has 23 heavy (non-hydrogen) atoms. The molecule has 2 fully saturated rings. The van der Waals surface area contributed by atoms with Crippen LogP contribution in [0.4, 0.5) is 0 Å². The van der Waals surface area contributed by atoms with Gasteiger partial charge in [-0.05, 0) is 31.6 Å². The first-order valence-electron chi connectivity index (χ1n) is 9.05. The maximum absolute atomic E-state index is 12.8. The highest BCUT2D eigenvalue weighted by Gasteiger charge is 2.29. The smallest absolute Gasteiger partial charge is 0.225 e. The normalized spacial score (nSPS) is 23.7. The number of carbonyl (C=O) groups is 1. The van der Waals surface area contributed by atoms with E-state index in [2.05, 4.69) is 15.2 Å². The van der Waals surface area contributed by atoms with Crippen molar-refractivity contribution in [2.45, 2.75) is 64.5 Å². The molecule has 1 unspecified atom stereocenters. The van der Waals surface area contributed by atoms with Crippen LogP contribution in [0, 0.1) is 11.8 Å². The number of nitrogens with zero attached hydrogens (tertiary/aromatic N) is 4. The van der Waals surface area contributed by atoms with Gasteiger partial charge in [0.25, 0.3) is 0 Å². The number of likely N-dealkylation sites (tertiary alicyclic amines) is 1. The number of hydrogen-bond acceptors (Lipinski definition) is 4. The number of aliphatic hydroxyl groups excluding tert-OH is 1. The monoisotopic (exact) mass is 320 g/mol. The lowest BCUT2D eigenvalue weighted by molar-refractivity contribution is -0.138. The van der Waals surface area contributed by atoms with Crippen LogP contribution < -0.4 is 0 Å². The molecule has 0 radical (unpaired) electrons. The second-order valence-corrected chi connectivity index (χ2v) is 7.07. The van der Waals surface area contributed by atoms with Crippen molar-refractivity contribution in [1.82, 2.24) is 19.9 Å². The van der Waals surface area contributed by atoms with Crippen LogP contribution in [0.15, 0.2) is 6.20 Å². The second-order valence-electron chi connectivity index (χ2n) is 7.07. The largest absolute Gasteiger partial charge is 0.390 e. The zero-order valence-corrected chi connectivity index (χ0v) is 13.9. The standard InChI is InChI=1S/C17H28N4O2/c22-13-16-12-21(19-18-16)11-14-6-5-9-20(10-14)17(23)15-7-3-1-2-4-8-15/h12,14-15,22H,1-11,13H2. The minimum atomic E-state index is -0.0725. The number of carbonyl (C=O) groups excluding carboxylic acids is 1. The molecule has 1 atom stereocenters. The Hall–Kier alpha value is -1.43. The van der Waals surface area contributed by atoms with Crippen molar-refractivity contribution in [3.05, 3.63) is 11.9 Å². The minimum Gasteiger partial charge on any atom is -0.390 e. The van der Waals surface area contributed by atoms with Crippen LogP contribution in [0.3, 0.4) is 0 Å². The number of aromatic nitrogens is 3. The van der Waals surface area contributed by atoms with E-state index in [0.29, 0.717) is 17.5 Å². The van der Waals surface area contributed by atoms with E-state index in [0.717, 1.165) is 45.3 Å². The third-order valence-electron chi connectivity index (χ3n) is 5.23. The molecule has 0 aromatic carbocycles. The molecule has 1 aromatic rings. The van der Waals surface area contributed by atoms with E-state index < -0.39 is 0 Å². The summed E-state index contributed by atoms with van der Waals surface area (Å²) < 4.78 is 1.80. The summed E-state index contributed by atoms with van der Waals surface area (Å²) in [6.07, 6.45) is 11.1. The molecule has 1 aromatic heterocycles. The molecule has 1 saturated heterocycles. The van der Waals surface area contributed by atoms with Gasteiger partial charge in [-0.1, -0.05) is 30.9 Å². The van der Waals surface area contributed by atoms with Gasteiger partial charge in [0.2, 0.25) is 5.91 Å². The van der Waals surface area contributed by atoms with Gasteiger partial charge in [0.05, 0.1) is 12.8 Å². The molecule has 2 heterocycles. The maximum Gasteiger partial charge on any atom is 0.225 e. The van der Waals surface area contributed by atoms with E-state index in [4.69, 9.17) is 5.11 Å². The Morgan fingerprint density at radius 3 is 2.65 bits per heavy atom. The Morgan fingerprint density at radius 1 is 1.17 bits per heavy atom. The van der Waals surface area contributed by atoms with Crippen LogP contribution >= 0.6 is 0 Å². The molecule has 1 aliphatic carbocycles. The third kappa shape index (κ3) is 4.31. The molecule has 1 amide bonds. The topological polar surface area (TPSA) is 71.2 Å². The van der Waals surface area contributed by atoms with Crippen molar-refractivity contribution in [2.75, 3.05) is 13.1 Å². The van der Waals surface area contributed by atoms with Gasteiger partial charge >= 0.3 is 0 Å². The van der Waals surface area contributed by atoms with Gasteiger partial charge in [-0.15, -0.1) is 5.10 Å². The minimum absolute atomic E-state index is 0.0725. The molecule has 6 heteroatoms. The highest BCUT2D eigenvalue weighted by molar-refractivity contribution is 5.79. The van der Waals surface area contributed by atoms with Crippen LogP contribution in [-0.4, -0.2) is 44.0 Å². The Morgan fingerprint density at radius 2 is 1.96 bits per heavy atom. The van der Waals surface area contributed by atoms with Crippen molar-refractivity contribution in [3.8, 4) is 0 Å². The van der Waals surface area contributed by atoms with Crippen LogP contribution in [0.5, 0.6) is 0 Å². The average Bonchev–Trinajstić information content (AvgIpc) is 2.86. The third-order valence-corrected chi connectivity index (χ3v) is 5.23. The van der Waals surface area contributed by atoms with E-state index in [1.165, 1.54) is 25.7 Å². The zero-order chi connectivity index (χ0) is 16.1. The average molecular weight is 320 g/mol. The second kappa shape index (κ2) is 7.90. The molecule has 1 aliphatic heterocycles. The summed E-state index contributed by atoms with van der Waals surface area (Å²) in [6.45, 7) is 2.45. The number of aliphatic hydroxyl groups is 1. The van der Waals surface area contributed by atoms with Gasteiger partial charge in [-0.2, -0.15) is 0 Å². The molecule has 1 saturated carbocycles. The van der Waals surface area contributed by atoms with Gasteiger partial charge in [0.15, 0.2) is 0 Å². The first-order valence-corrected chi connectivity index (χ1v) is 9.05. The highest BCUT2D eigenvalue weighted by Crippen LogP contribution is 2.27. The Kier molecular flexibility index (Phi) is 5.65. The van der Waals surface area contributed by atoms with E-state index in [1.807, 2.05) is 0 Å². The van der Waals surface area contributed by atoms with Crippen LogP contribution in [0.25, 0.3) is 0 Å². The van der Waals surface area contributed by atoms with Crippen LogP contribution in [-0.2, 0) is 17.9 Å². The van der Waals surface area contributed by atoms with E-state index >= 15 is 0 Å². The zero-order valence-electron chi connectivity index (χ0n) is 13.9. The summed E-state index contributed by atoms with van der Waals surface area (Å²) in [7, 11) is 0. The molecule has 0 bridgehead atoms. The van der Waals surface area contributed by atoms with Gasteiger partial charge in [-0.3, -0.25) is 9.48 Å². The SMILES string of the molecule is O=C(C1CCCCCC1)N1CCCC(Cn2cc(CO)nn2)C1. The maximum atomic E-state index is 12.8. The Labute approximate surface area is 137 Å². The quantitative estimate of drug-likeness (QED) is 0.861. The fourth-order valence-corrected chi connectivity index (χ4v) is 3.96. The predicted octanol–water partition coefficient (Wildman–Crippen LogP) is 1.98. The summed E-state index contributed by atoms with van der Waals surface area (Å²) in [5, 5.41) is 17.0. The Bertz CT molecular complexity index is 508. The summed E-state index contributed by atoms with van der Waals surface area (Å²) >= 11 is 0. The number of rotatable bonds is 4. The first kappa shape index (κ1) is 16.4. The van der Waals surface area contributed by atoms with Crippen molar-refractivity contribution in [2.24, 2.45) is 11.8 Å². The molecular formula is C17H28N4O2. The Balaban J connectivity index is 1.55. The van der Waals surface area contributed by atoms with Gasteiger partial charge in [0, 0.05) is 25.6 Å². The number of amides is 1. The molecule has 128 valence electrons. The van der Waals surface area contributed by atoms with Gasteiger partial charge in [-0.25, -0.2) is 0 Å². The first-order chi connectivity index (χ1) is 11.3.